The van der Waals surface area contributed by atoms with Crippen molar-refractivity contribution in [2.24, 2.45) is 17.8 Å². The predicted molar refractivity (Wildman–Crippen MR) is 164 cm³/mol. The van der Waals surface area contributed by atoms with Crippen molar-refractivity contribution in [3.05, 3.63) is 123 Å². The van der Waals surface area contributed by atoms with Gasteiger partial charge in [-0.25, -0.2) is 0 Å². The zero-order chi connectivity index (χ0) is 30.7. The fraction of sp³-hybridized carbons (Fsp3) is 0.222. The highest BCUT2D eigenvalue weighted by Gasteiger charge is 2.56. The first-order valence-electron chi connectivity index (χ1n) is 14.6. The summed E-state index contributed by atoms with van der Waals surface area (Å²) < 4.78 is 5.91. The number of hydrogen-bond acceptors (Lipinski definition) is 6. The normalized spacial score (nSPS) is 24.5. The molecule has 1 saturated heterocycles. The summed E-state index contributed by atoms with van der Waals surface area (Å²) in [7, 11) is 0. The third kappa shape index (κ3) is 4.50. The van der Waals surface area contributed by atoms with Crippen LogP contribution in [-0.2, 0) is 25.8 Å². The molecule has 0 radical (unpaired) electrons. The number of rotatable bonds is 5. The number of phenolic OH excluding ortho intramolecular Hbond substituents is 1. The number of ether oxygens (including phenoxy) is 1. The van der Waals surface area contributed by atoms with Crippen molar-refractivity contribution in [3.8, 4) is 11.5 Å². The molecule has 3 aliphatic carbocycles. The van der Waals surface area contributed by atoms with Gasteiger partial charge < -0.3 is 9.84 Å². The molecule has 3 aromatic rings. The maximum absolute atomic E-state index is 14.0. The number of allylic oxidation sites excluding steroid dienone is 6. The number of anilines is 1. The van der Waals surface area contributed by atoms with E-state index in [1.54, 1.807) is 43.3 Å². The highest BCUT2D eigenvalue weighted by atomic mass is 35.5. The monoisotopic (exact) mass is 605 g/mol. The zero-order valence-corrected chi connectivity index (χ0v) is 24.6. The van der Waals surface area contributed by atoms with E-state index in [1.807, 2.05) is 36.4 Å². The Hall–Kier alpha value is -4.75. The summed E-state index contributed by atoms with van der Waals surface area (Å²) in [5.74, 6) is -3.35. The Balaban J connectivity index is 1.28. The van der Waals surface area contributed by atoms with E-state index in [4.69, 9.17) is 16.3 Å². The first-order valence-corrected chi connectivity index (χ1v) is 14.9. The van der Waals surface area contributed by atoms with Crippen molar-refractivity contribution >= 4 is 40.7 Å². The summed E-state index contributed by atoms with van der Waals surface area (Å²) in [6.45, 7) is 1.92. The van der Waals surface area contributed by atoms with Crippen LogP contribution >= 0.6 is 11.6 Å². The molecule has 44 heavy (non-hydrogen) atoms. The minimum absolute atomic E-state index is 0.0832. The van der Waals surface area contributed by atoms with Gasteiger partial charge in [-0.1, -0.05) is 59.6 Å². The Morgan fingerprint density at radius 2 is 1.68 bits per heavy atom. The van der Waals surface area contributed by atoms with Gasteiger partial charge in [-0.05, 0) is 67.7 Å². The van der Waals surface area contributed by atoms with Crippen LogP contribution in [0.1, 0.15) is 36.8 Å². The number of Topliss-reactive ketones (excluding diaryl/α,β-unsaturated/α-hetero) is 1. The van der Waals surface area contributed by atoms with E-state index in [2.05, 4.69) is 0 Å². The molecule has 4 unspecified atom stereocenters. The van der Waals surface area contributed by atoms with Gasteiger partial charge in [0.2, 0.25) is 11.8 Å². The number of amides is 2. The second-order valence-corrected chi connectivity index (χ2v) is 12.1. The summed E-state index contributed by atoms with van der Waals surface area (Å²) in [5, 5.41) is 11.8. The molecule has 4 atom stereocenters. The van der Waals surface area contributed by atoms with Crippen LogP contribution in [0.4, 0.5) is 5.69 Å². The highest BCUT2D eigenvalue weighted by Crippen LogP contribution is 2.56. The molecule has 7 nitrogen and oxygen atoms in total. The van der Waals surface area contributed by atoms with Crippen LogP contribution in [0.15, 0.2) is 107 Å². The summed E-state index contributed by atoms with van der Waals surface area (Å²) in [6, 6.07) is 21.2. The highest BCUT2D eigenvalue weighted by molar-refractivity contribution is 6.31. The van der Waals surface area contributed by atoms with Crippen LogP contribution in [0.25, 0.3) is 0 Å². The molecule has 1 N–H and O–H groups in total. The number of hydrogen-bond donors (Lipinski definition) is 1. The molecule has 2 amide bonds. The largest absolute Gasteiger partial charge is 0.507 e. The zero-order valence-electron chi connectivity index (χ0n) is 23.8. The Bertz CT molecular complexity index is 1840. The molecule has 0 aromatic heterocycles. The lowest BCUT2D eigenvalue weighted by atomic mass is 9.59. The van der Waals surface area contributed by atoms with E-state index in [-0.39, 0.29) is 35.6 Å². The maximum atomic E-state index is 14.0. The number of phenols is 1. The van der Waals surface area contributed by atoms with Gasteiger partial charge in [0.05, 0.1) is 17.5 Å². The topological polar surface area (TPSA) is 101 Å². The number of ketones is 2. The number of aromatic hydroxyl groups is 1. The Labute approximate surface area is 259 Å². The molecular formula is C36H28ClNO6. The molecule has 0 spiro atoms. The van der Waals surface area contributed by atoms with Gasteiger partial charge in [0, 0.05) is 39.3 Å². The van der Waals surface area contributed by atoms with Crippen molar-refractivity contribution in [2.45, 2.75) is 32.3 Å². The Morgan fingerprint density at radius 3 is 2.41 bits per heavy atom. The smallest absolute Gasteiger partial charge is 0.238 e. The fourth-order valence-corrected chi connectivity index (χ4v) is 7.29. The second-order valence-electron chi connectivity index (χ2n) is 11.7. The van der Waals surface area contributed by atoms with E-state index in [0.29, 0.717) is 51.8 Å². The number of imide groups is 1. The van der Waals surface area contributed by atoms with Gasteiger partial charge in [0.15, 0.2) is 11.6 Å². The molecule has 1 fully saturated rings. The summed E-state index contributed by atoms with van der Waals surface area (Å²) >= 11 is 6.05. The van der Waals surface area contributed by atoms with Crippen LogP contribution < -0.4 is 9.64 Å². The summed E-state index contributed by atoms with van der Waals surface area (Å²) in [6.07, 6.45) is 3.75. The van der Waals surface area contributed by atoms with Crippen molar-refractivity contribution in [1.29, 1.82) is 0 Å². The lowest BCUT2D eigenvalue weighted by Gasteiger charge is -2.42. The Kier molecular flexibility index (Phi) is 6.85. The van der Waals surface area contributed by atoms with Crippen molar-refractivity contribution in [3.63, 3.8) is 0 Å². The molecule has 4 aliphatic rings. The maximum Gasteiger partial charge on any atom is 0.238 e. The summed E-state index contributed by atoms with van der Waals surface area (Å²) in [5.41, 5.74) is 3.63. The van der Waals surface area contributed by atoms with Crippen LogP contribution in [0.2, 0.25) is 5.02 Å². The molecule has 1 heterocycles. The molecule has 0 saturated carbocycles. The second kappa shape index (κ2) is 10.8. The standard InChI is InChI=1S/C36H28ClNO6/c1-19-15-29(39)28-17-27-24(13-14-26-32(27)36(43)38(35(26)42)22-9-7-21(37)8-10-22)31(33(28)34(19)41)25-12-11-23(16-30(25)40)44-18-20-5-3-2-4-6-20/h2-13,15-16,26-27,31-32,40H,14,17-18H2,1H3. The van der Waals surface area contributed by atoms with Crippen LogP contribution in [0.5, 0.6) is 11.5 Å². The first kappa shape index (κ1) is 28.0. The van der Waals surface area contributed by atoms with E-state index in [1.165, 1.54) is 17.0 Å². The molecule has 7 rings (SSSR count). The van der Waals surface area contributed by atoms with Gasteiger partial charge in [-0.3, -0.25) is 24.1 Å². The molecule has 3 aromatic carbocycles. The van der Waals surface area contributed by atoms with Gasteiger partial charge in [-0.15, -0.1) is 0 Å². The minimum atomic E-state index is -0.750. The van der Waals surface area contributed by atoms with Crippen molar-refractivity contribution < 1.29 is 29.0 Å². The van der Waals surface area contributed by atoms with E-state index >= 15 is 0 Å². The number of carbonyl (C=O) groups excluding carboxylic acids is 4. The van der Waals surface area contributed by atoms with Gasteiger partial charge in [0.25, 0.3) is 0 Å². The lowest BCUT2D eigenvalue weighted by Crippen LogP contribution is -2.39. The van der Waals surface area contributed by atoms with E-state index < -0.39 is 23.7 Å². The van der Waals surface area contributed by atoms with Gasteiger partial charge in [-0.2, -0.15) is 0 Å². The minimum Gasteiger partial charge on any atom is -0.507 e. The molecular weight excluding hydrogens is 578 g/mol. The molecule has 0 bridgehead atoms. The predicted octanol–water partition coefficient (Wildman–Crippen LogP) is 6.26. The van der Waals surface area contributed by atoms with Crippen molar-refractivity contribution in [2.75, 3.05) is 4.90 Å². The number of benzene rings is 3. The fourth-order valence-electron chi connectivity index (χ4n) is 7.16. The average Bonchev–Trinajstić information content (AvgIpc) is 3.28. The third-order valence-electron chi connectivity index (χ3n) is 9.21. The van der Waals surface area contributed by atoms with Gasteiger partial charge in [0.1, 0.15) is 18.1 Å². The number of carbonyl (C=O) groups is 4. The average molecular weight is 606 g/mol. The molecule has 1 aliphatic heterocycles. The molecule has 220 valence electrons. The quantitative estimate of drug-likeness (QED) is 0.209. The van der Waals surface area contributed by atoms with Crippen LogP contribution in [0, 0.1) is 17.8 Å². The molecule has 8 heteroatoms. The van der Waals surface area contributed by atoms with Crippen molar-refractivity contribution in [1.82, 2.24) is 0 Å². The third-order valence-corrected chi connectivity index (χ3v) is 9.46. The SMILES string of the molecule is CC1=CC(=O)C2=C(C1=O)C(c1ccc(OCc3ccccc3)cc1O)C1=CCC3C(=O)N(c4ccc(Cl)cc4)C(=O)C3C1C2. The Morgan fingerprint density at radius 1 is 0.932 bits per heavy atom. The van der Waals surface area contributed by atoms with Gasteiger partial charge >= 0.3 is 0 Å². The lowest BCUT2D eigenvalue weighted by molar-refractivity contribution is -0.123. The number of halogens is 1. The van der Waals surface area contributed by atoms with E-state index in [0.717, 1.165) is 11.1 Å². The van der Waals surface area contributed by atoms with E-state index in [9.17, 15) is 24.3 Å². The number of fused-ring (bicyclic) bond motifs is 3. The van der Waals surface area contributed by atoms with Crippen LogP contribution in [-0.4, -0.2) is 28.5 Å². The summed E-state index contributed by atoms with van der Waals surface area (Å²) in [4.78, 5) is 55.9. The van der Waals surface area contributed by atoms with Crippen LogP contribution in [0.3, 0.4) is 0 Å². The number of nitrogens with zero attached hydrogens (tertiary/aromatic N) is 1. The first-order chi connectivity index (χ1) is 21.2.